The van der Waals surface area contributed by atoms with Gasteiger partial charge in [0, 0.05) is 37.0 Å². The van der Waals surface area contributed by atoms with Crippen LogP contribution in [0, 0.1) is 29.1 Å². The predicted octanol–water partition coefficient (Wildman–Crippen LogP) is 5.42. The molecule has 7 rings (SSSR count). The van der Waals surface area contributed by atoms with Crippen molar-refractivity contribution in [2.24, 2.45) is 29.1 Å². The molecule has 2 unspecified atom stereocenters. The summed E-state index contributed by atoms with van der Waals surface area (Å²) in [5, 5.41) is 2.94. The Morgan fingerprint density at radius 3 is 2.53 bits per heavy atom. The molecule has 49 heavy (non-hydrogen) atoms. The molecule has 2 aromatic rings. The van der Waals surface area contributed by atoms with E-state index < -0.39 is 59.6 Å². The Kier molecular flexibility index (Phi) is 8.94. The van der Waals surface area contributed by atoms with Gasteiger partial charge < -0.3 is 29.2 Å². The maximum absolute atomic E-state index is 16.2. The zero-order valence-corrected chi connectivity index (χ0v) is 28.6. The van der Waals surface area contributed by atoms with Gasteiger partial charge in [-0.15, -0.1) is 0 Å². The molecular formula is C36H46F2N4O7. The van der Waals surface area contributed by atoms with Crippen LogP contribution in [0.2, 0.25) is 0 Å². The van der Waals surface area contributed by atoms with Gasteiger partial charge in [-0.2, -0.15) is 8.78 Å². The highest BCUT2D eigenvalue weighted by molar-refractivity contribution is 5.92. The minimum absolute atomic E-state index is 0.0685. The van der Waals surface area contributed by atoms with Crippen LogP contribution in [0.25, 0.3) is 11.0 Å². The number of hydrogen-bond donors (Lipinski definition) is 1. The molecule has 4 fully saturated rings. The van der Waals surface area contributed by atoms with Gasteiger partial charge in [0.25, 0.3) is 5.92 Å². The quantitative estimate of drug-likeness (QED) is 0.451. The maximum Gasteiger partial charge on any atom is 0.408 e. The summed E-state index contributed by atoms with van der Waals surface area (Å²) >= 11 is 0. The van der Waals surface area contributed by atoms with E-state index in [-0.39, 0.29) is 42.2 Å². The van der Waals surface area contributed by atoms with Gasteiger partial charge in [0.15, 0.2) is 11.5 Å². The number of carbonyl (C=O) groups excluding carboxylic acids is 3. The molecule has 2 amide bonds. The van der Waals surface area contributed by atoms with Gasteiger partial charge in [0.2, 0.25) is 11.8 Å². The van der Waals surface area contributed by atoms with Crippen molar-refractivity contribution in [3.63, 3.8) is 0 Å². The molecule has 2 aliphatic carbocycles. The van der Waals surface area contributed by atoms with Crippen LogP contribution in [0.5, 0.6) is 11.6 Å². The summed E-state index contributed by atoms with van der Waals surface area (Å²) in [6, 6.07) is 2.92. The number of methoxy groups -OCH3 is 1. The molecule has 1 aromatic heterocycles. The lowest BCUT2D eigenvalue weighted by Crippen LogP contribution is -2.59. The van der Waals surface area contributed by atoms with E-state index in [9.17, 15) is 14.4 Å². The van der Waals surface area contributed by atoms with E-state index in [1.165, 1.54) is 18.9 Å². The molecule has 1 N–H and O–H groups in total. The first-order chi connectivity index (χ1) is 23.4. The van der Waals surface area contributed by atoms with E-state index in [2.05, 4.69) is 15.3 Å². The fourth-order valence-electron chi connectivity index (χ4n) is 8.84. The first kappa shape index (κ1) is 33.9. The van der Waals surface area contributed by atoms with Crippen LogP contribution in [0.15, 0.2) is 18.2 Å². The van der Waals surface area contributed by atoms with Gasteiger partial charge in [-0.1, -0.05) is 20.3 Å². The zero-order valence-electron chi connectivity index (χ0n) is 28.6. The number of hydrogen-bond acceptors (Lipinski definition) is 9. The standard InChI is InChI=1S/C36H46F2N4O7/c1-19-28-18-42(29(19)20(2)43)33(44)31(35(3)11-13-47-14-12-35)41-34(45)49-27-16-21-15-24(21)23(27)7-5-6-10-36(37,38)30-32(48-28)40-26-17-22(46-4)8-9-25(26)39-30/h8-9,17,19,21,23-24,27-29,31H,5-7,10-16,18H2,1-4H3,(H,41,45)/t19-,21?,23-,24?,27-,28+,29+,31-/m1/s1. The van der Waals surface area contributed by atoms with Crippen LogP contribution in [0.1, 0.15) is 77.8 Å². The molecule has 5 aliphatic rings. The largest absolute Gasteiger partial charge is 0.497 e. The monoisotopic (exact) mass is 684 g/mol. The highest BCUT2D eigenvalue weighted by Crippen LogP contribution is 2.58. The number of ether oxygens (including phenoxy) is 4. The summed E-state index contributed by atoms with van der Waals surface area (Å²) in [4.78, 5) is 51.8. The van der Waals surface area contributed by atoms with E-state index in [1.54, 1.807) is 25.1 Å². The molecule has 0 radical (unpaired) electrons. The van der Waals surface area contributed by atoms with Crippen molar-refractivity contribution < 1.29 is 42.1 Å². The number of ketones is 1. The van der Waals surface area contributed by atoms with Crippen LogP contribution in [0.4, 0.5) is 13.6 Å². The van der Waals surface area contributed by atoms with Gasteiger partial charge in [-0.05, 0) is 75.3 Å². The molecule has 2 bridgehead atoms. The second-order valence-corrected chi connectivity index (χ2v) is 15.1. The third-order valence-corrected chi connectivity index (χ3v) is 11.9. The lowest BCUT2D eigenvalue weighted by molar-refractivity contribution is -0.143. The highest BCUT2D eigenvalue weighted by Gasteiger charge is 2.55. The van der Waals surface area contributed by atoms with Crippen molar-refractivity contribution in [2.75, 3.05) is 26.9 Å². The van der Waals surface area contributed by atoms with Crippen molar-refractivity contribution in [1.29, 1.82) is 0 Å². The summed E-state index contributed by atoms with van der Waals surface area (Å²) in [5.41, 5.74) is -0.642. The summed E-state index contributed by atoms with van der Waals surface area (Å²) < 4.78 is 55.7. The third-order valence-electron chi connectivity index (χ3n) is 11.9. The average molecular weight is 685 g/mol. The molecule has 4 heterocycles. The second-order valence-electron chi connectivity index (χ2n) is 15.1. The first-order valence-corrected chi connectivity index (χ1v) is 17.6. The molecule has 3 aliphatic heterocycles. The van der Waals surface area contributed by atoms with Crippen LogP contribution in [-0.2, 0) is 25.0 Å². The third kappa shape index (κ3) is 6.43. The number of nitrogens with one attached hydrogen (secondary N) is 1. The Hall–Kier alpha value is -3.61. The number of rotatable bonds is 3. The minimum Gasteiger partial charge on any atom is -0.497 e. The van der Waals surface area contributed by atoms with Crippen molar-refractivity contribution in [3.8, 4) is 11.6 Å². The van der Waals surface area contributed by atoms with Gasteiger partial charge in [-0.25, -0.2) is 14.8 Å². The van der Waals surface area contributed by atoms with E-state index in [1.807, 2.05) is 6.92 Å². The van der Waals surface area contributed by atoms with Gasteiger partial charge in [-0.3, -0.25) is 9.59 Å². The SMILES string of the molecule is COc1ccc2nc3c(nc2c1)O[C@H]1CN(C(=O)[C@H](C2(C)CCOCC2)NC(=O)O[C@@H]2CC4CC4[C@H]2CCCCC3(F)F)[C@H](C(C)=O)[C@@H]1C. The number of Topliss-reactive ketones (excluding diaryl/α,β-unsaturated/α-hetero) is 1. The molecule has 2 saturated carbocycles. The predicted molar refractivity (Wildman–Crippen MR) is 173 cm³/mol. The molecule has 0 spiro atoms. The van der Waals surface area contributed by atoms with E-state index in [0.717, 1.165) is 12.8 Å². The Morgan fingerprint density at radius 2 is 1.80 bits per heavy atom. The number of halogens is 2. The van der Waals surface area contributed by atoms with E-state index >= 15 is 8.78 Å². The number of nitrogens with zero attached hydrogens (tertiary/aromatic N) is 3. The lowest BCUT2D eigenvalue weighted by atomic mass is 9.75. The maximum atomic E-state index is 16.2. The summed E-state index contributed by atoms with van der Waals surface area (Å²) in [5.74, 6) is -3.54. The van der Waals surface area contributed by atoms with Crippen molar-refractivity contribution in [2.45, 2.75) is 102 Å². The number of amides is 2. The molecular weight excluding hydrogens is 638 g/mol. The molecule has 13 heteroatoms. The van der Waals surface area contributed by atoms with Crippen molar-refractivity contribution in [3.05, 3.63) is 23.9 Å². The van der Waals surface area contributed by atoms with Gasteiger partial charge in [0.05, 0.1) is 30.7 Å². The van der Waals surface area contributed by atoms with Gasteiger partial charge in [0.1, 0.15) is 24.0 Å². The molecule has 266 valence electrons. The normalized spacial score (nSPS) is 34.3. The van der Waals surface area contributed by atoms with E-state index in [4.69, 9.17) is 18.9 Å². The lowest BCUT2D eigenvalue weighted by Gasteiger charge is -2.42. The number of alkyl carbamates (subject to hydrolysis) is 1. The second kappa shape index (κ2) is 12.9. The number of alkyl halides is 2. The Labute approximate surface area is 284 Å². The smallest absolute Gasteiger partial charge is 0.408 e. The molecule has 11 nitrogen and oxygen atoms in total. The number of carbonyl (C=O) groups is 3. The zero-order chi connectivity index (χ0) is 34.7. The van der Waals surface area contributed by atoms with Crippen LogP contribution >= 0.6 is 0 Å². The number of benzene rings is 1. The van der Waals surface area contributed by atoms with Crippen molar-refractivity contribution >= 4 is 28.8 Å². The highest BCUT2D eigenvalue weighted by atomic mass is 19.3. The fraction of sp³-hybridized carbons (Fsp3) is 0.694. The van der Waals surface area contributed by atoms with Crippen molar-refractivity contribution in [1.82, 2.24) is 20.2 Å². The average Bonchev–Trinajstić information content (AvgIpc) is 3.63. The first-order valence-electron chi connectivity index (χ1n) is 17.6. The minimum atomic E-state index is -3.37. The summed E-state index contributed by atoms with van der Waals surface area (Å²) in [6.45, 7) is 5.89. The van der Waals surface area contributed by atoms with Crippen LogP contribution in [0.3, 0.4) is 0 Å². The fourth-order valence-corrected chi connectivity index (χ4v) is 8.84. The molecule has 2 saturated heterocycles. The number of fused-ring (bicyclic) bond motifs is 7. The molecule has 1 aromatic carbocycles. The topological polar surface area (TPSA) is 129 Å². The summed E-state index contributed by atoms with van der Waals surface area (Å²) in [7, 11) is 1.50. The summed E-state index contributed by atoms with van der Waals surface area (Å²) in [6.07, 6.45) is 1.93. The number of aromatic nitrogens is 2. The molecule has 8 atom stereocenters. The Morgan fingerprint density at radius 1 is 1.02 bits per heavy atom. The Balaban J connectivity index is 1.29. The van der Waals surface area contributed by atoms with E-state index in [0.29, 0.717) is 62.0 Å². The van der Waals surface area contributed by atoms with Crippen LogP contribution in [-0.4, -0.2) is 83.8 Å². The Bertz CT molecular complexity index is 1620. The van der Waals surface area contributed by atoms with Gasteiger partial charge >= 0.3 is 6.09 Å². The van der Waals surface area contributed by atoms with Crippen LogP contribution < -0.4 is 14.8 Å².